The van der Waals surface area contributed by atoms with Crippen molar-refractivity contribution in [2.24, 2.45) is 0 Å². The maximum absolute atomic E-state index is 13.9. The molecule has 5 rings (SSSR count). The first-order valence-electron chi connectivity index (χ1n) is 13.6. The quantitative estimate of drug-likeness (QED) is 0.585. The van der Waals surface area contributed by atoms with Gasteiger partial charge in [0.15, 0.2) is 0 Å². The molecule has 2 aliphatic heterocycles. The molecule has 1 N–H and O–H groups in total. The Morgan fingerprint density at radius 2 is 1.71 bits per heavy atom. The predicted octanol–water partition coefficient (Wildman–Crippen LogP) is 4.68. The Morgan fingerprint density at radius 3 is 2.43 bits per heavy atom. The molecule has 1 aliphatic carbocycles. The third kappa shape index (κ3) is 5.06. The summed E-state index contributed by atoms with van der Waals surface area (Å²) in [5.41, 5.74) is 0.535. The number of amides is 2. The highest BCUT2D eigenvalue weighted by Crippen LogP contribution is 2.34. The van der Waals surface area contributed by atoms with Gasteiger partial charge in [0.1, 0.15) is 17.0 Å². The van der Waals surface area contributed by atoms with Crippen LogP contribution in [0.1, 0.15) is 81.6 Å². The van der Waals surface area contributed by atoms with Gasteiger partial charge >= 0.3 is 0 Å². The van der Waals surface area contributed by atoms with Crippen LogP contribution in [0.2, 0.25) is 0 Å². The van der Waals surface area contributed by atoms with Gasteiger partial charge < -0.3 is 24.1 Å². The fourth-order valence-corrected chi connectivity index (χ4v) is 6.16. The van der Waals surface area contributed by atoms with Crippen molar-refractivity contribution in [2.45, 2.75) is 89.3 Å². The summed E-state index contributed by atoms with van der Waals surface area (Å²) >= 11 is 0. The smallest absolute Gasteiger partial charge is 0.271 e. The topological polar surface area (TPSA) is 70.7 Å². The average molecular weight is 481 g/mol. The summed E-state index contributed by atoms with van der Waals surface area (Å²) in [6.07, 6.45) is 13.2. The van der Waals surface area contributed by atoms with E-state index in [-0.39, 0.29) is 17.9 Å². The van der Waals surface area contributed by atoms with Gasteiger partial charge in [0.2, 0.25) is 5.91 Å². The largest absolute Gasteiger partial charge is 0.463 e. The number of piperidine rings is 1. The molecule has 4 heterocycles. The molecular formula is C28H40N4O3. The third-order valence-corrected chi connectivity index (χ3v) is 8.26. The zero-order chi connectivity index (χ0) is 24.3. The van der Waals surface area contributed by atoms with Crippen molar-refractivity contribution in [2.75, 3.05) is 26.2 Å². The standard InChI is InChI=1S/C28H40N4O3/c1-28(27(34)29-22-11-5-2-3-6-12-22)21-31-23(25-13-9-20-35-25)14-15-24(31)26(33)32(28)19-10-18-30-16-7-4-8-17-30/h9,13-15,20,22H,2-8,10-12,16-19,21H2,1H3,(H,29,34)/t28-/m1/s1. The van der Waals surface area contributed by atoms with Crippen LogP contribution in [-0.4, -0.2) is 63.9 Å². The van der Waals surface area contributed by atoms with Crippen LogP contribution in [0.25, 0.3) is 11.5 Å². The first-order valence-corrected chi connectivity index (χ1v) is 13.6. The number of nitrogens with zero attached hydrogens (tertiary/aromatic N) is 3. The summed E-state index contributed by atoms with van der Waals surface area (Å²) in [6.45, 7) is 6.23. The van der Waals surface area contributed by atoms with Crippen LogP contribution in [0.5, 0.6) is 0 Å². The van der Waals surface area contributed by atoms with Crippen molar-refractivity contribution in [3.05, 3.63) is 36.2 Å². The van der Waals surface area contributed by atoms with Crippen LogP contribution in [0.3, 0.4) is 0 Å². The van der Waals surface area contributed by atoms with Crippen molar-refractivity contribution >= 4 is 11.8 Å². The summed E-state index contributed by atoms with van der Waals surface area (Å²) in [4.78, 5) is 32.1. The molecule has 2 aromatic rings. The Hall–Kier alpha value is -2.54. The molecule has 0 spiro atoms. The van der Waals surface area contributed by atoms with E-state index in [0.717, 1.165) is 57.4 Å². The fourth-order valence-electron chi connectivity index (χ4n) is 6.16. The Labute approximate surface area is 208 Å². The Balaban J connectivity index is 1.39. The molecule has 190 valence electrons. The van der Waals surface area contributed by atoms with Crippen molar-refractivity contribution in [1.82, 2.24) is 19.7 Å². The number of rotatable bonds is 7. The molecule has 0 radical (unpaired) electrons. The van der Waals surface area contributed by atoms with Gasteiger partial charge in [-0.05, 0) is 82.9 Å². The van der Waals surface area contributed by atoms with Crippen molar-refractivity contribution in [3.63, 3.8) is 0 Å². The molecular weight excluding hydrogens is 440 g/mol. The van der Waals surface area contributed by atoms with Gasteiger partial charge in [0.25, 0.3) is 5.91 Å². The minimum atomic E-state index is -0.946. The number of nitrogens with one attached hydrogen (secondary N) is 1. The van der Waals surface area contributed by atoms with Gasteiger partial charge in [0.05, 0.1) is 18.5 Å². The van der Waals surface area contributed by atoms with Crippen LogP contribution in [0.4, 0.5) is 0 Å². The molecule has 1 atom stereocenters. The van der Waals surface area contributed by atoms with Crippen LogP contribution in [0, 0.1) is 0 Å². The lowest BCUT2D eigenvalue weighted by Gasteiger charge is -2.45. The zero-order valence-electron chi connectivity index (χ0n) is 21.1. The second kappa shape index (κ2) is 10.6. The predicted molar refractivity (Wildman–Crippen MR) is 136 cm³/mol. The van der Waals surface area contributed by atoms with Crippen molar-refractivity contribution in [1.29, 1.82) is 0 Å². The Morgan fingerprint density at radius 1 is 1.00 bits per heavy atom. The average Bonchev–Trinajstić information content (AvgIpc) is 3.47. The summed E-state index contributed by atoms with van der Waals surface area (Å²) < 4.78 is 7.63. The maximum Gasteiger partial charge on any atom is 0.271 e. The zero-order valence-corrected chi connectivity index (χ0v) is 21.1. The summed E-state index contributed by atoms with van der Waals surface area (Å²) in [5, 5.41) is 3.36. The summed E-state index contributed by atoms with van der Waals surface area (Å²) in [5.74, 6) is 0.626. The molecule has 0 aromatic carbocycles. The first-order chi connectivity index (χ1) is 17.1. The van der Waals surface area contributed by atoms with Gasteiger partial charge in [0, 0.05) is 12.6 Å². The number of carbonyl (C=O) groups excluding carboxylic acids is 2. The molecule has 3 aliphatic rings. The highest BCUT2D eigenvalue weighted by molar-refractivity contribution is 6.00. The number of hydrogen-bond acceptors (Lipinski definition) is 4. The Bertz CT molecular complexity index is 1000. The van der Waals surface area contributed by atoms with Crippen LogP contribution < -0.4 is 5.32 Å². The minimum absolute atomic E-state index is 0.0273. The second-order valence-electron chi connectivity index (χ2n) is 10.8. The molecule has 2 amide bonds. The number of furan rings is 1. The monoisotopic (exact) mass is 480 g/mol. The molecule has 7 heteroatoms. The van der Waals surface area contributed by atoms with Crippen molar-refractivity contribution in [3.8, 4) is 11.5 Å². The highest BCUT2D eigenvalue weighted by atomic mass is 16.3. The number of carbonyl (C=O) groups is 2. The fraction of sp³-hybridized carbons (Fsp3) is 0.643. The SMILES string of the molecule is C[C@]1(C(=O)NC2CCCCCC2)Cn2c(ccc2-c2ccco2)C(=O)N1CCCN1CCCCC1. The van der Waals surface area contributed by atoms with E-state index >= 15 is 0 Å². The number of likely N-dealkylation sites (tertiary alicyclic amines) is 1. The van der Waals surface area contributed by atoms with E-state index in [4.69, 9.17) is 4.42 Å². The number of hydrogen-bond donors (Lipinski definition) is 1. The van der Waals surface area contributed by atoms with Gasteiger partial charge in [-0.25, -0.2) is 0 Å². The van der Waals surface area contributed by atoms with E-state index in [9.17, 15) is 9.59 Å². The Kier molecular flexibility index (Phi) is 7.32. The van der Waals surface area contributed by atoms with Gasteiger partial charge in [-0.15, -0.1) is 0 Å². The third-order valence-electron chi connectivity index (χ3n) is 8.26. The lowest BCUT2D eigenvalue weighted by Crippen LogP contribution is -2.65. The van der Waals surface area contributed by atoms with E-state index in [1.54, 1.807) is 6.26 Å². The molecule has 1 saturated carbocycles. The molecule has 2 fully saturated rings. The second-order valence-corrected chi connectivity index (χ2v) is 10.8. The molecule has 1 saturated heterocycles. The van der Waals surface area contributed by atoms with Gasteiger partial charge in [-0.2, -0.15) is 0 Å². The highest BCUT2D eigenvalue weighted by Gasteiger charge is 2.48. The molecule has 0 unspecified atom stereocenters. The summed E-state index contributed by atoms with van der Waals surface area (Å²) in [7, 11) is 0. The van der Waals surface area contributed by atoms with E-state index in [1.807, 2.05) is 40.7 Å². The van der Waals surface area contributed by atoms with E-state index in [0.29, 0.717) is 24.5 Å². The van der Waals surface area contributed by atoms with E-state index < -0.39 is 5.54 Å². The lowest BCUT2D eigenvalue weighted by atomic mass is 9.93. The minimum Gasteiger partial charge on any atom is -0.463 e. The van der Waals surface area contributed by atoms with Gasteiger partial charge in [-0.1, -0.05) is 32.1 Å². The summed E-state index contributed by atoms with van der Waals surface area (Å²) in [6, 6.07) is 7.77. The van der Waals surface area contributed by atoms with Crippen molar-refractivity contribution < 1.29 is 14.0 Å². The normalized spacial score (nSPS) is 24.3. The molecule has 35 heavy (non-hydrogen) atoms. The lowest BCUT2D eigenvalue weighted by molar-refractivity contribution is -0.133. The molecule has 0 bridgehead atoms. The number of fused-ring (bicyclic) bond motifs is 1. The van der Waals surface area contributed by atoms with E-state index in [2.05, 4.69) is 10.2 Å². The maximum atomic E-state index is 13.9. The van der Waals surface area contributed by atoms with Gasteiger partial charge in [-0.3, -0.25) is 9.59 Å². The van der Waals surface area contributed by atoms with E-state index in [1.165, 1.54) is 32.1 Å². The number of aromatic nitrogens is 1. The molecule has 7 nitrogen and oxygen atoms in total. The first kappa shape index (κ1) is 24.2. The molecule has 2 aromatic heterocycles. The van der Waals surface area contributed by atoms with Crippen LogP contribution in [0.15, 0.2) is 34.9 Å². The van der Waals surface area contributed by atoms with Crippen LogP contribution in [-0.2, 0) is 11.3 Å². The van der Waals surface area contributed by atoms with Crippen LogP contribution >= 0.6 is 0 Å².